The van der Waals surface area contributed by atoms with Crippen molar-refractivity contribution < 1.29 is 4.79 Å². The van der Waals surface area contributed by atoms with Crippen LogP contribution in [0.4, 0.5) is 5.13 Å². The molecule has 0 fully saturated rings. The predicted octanol–water partition coefficient (Wildman–Crippen LogP) is 7.07. The van der Waals surface area contributed by atoms with E-state index in [0.717, 1.165) is 22.2 Å². The molecule has 28 heavy (non-hydrogen) atoms. The normalized spacial score (nSPS) is 11.1. The lowest BCUT2D eigenvalue weighted by Crippen LogP contribution is -2.30. The molecule has 0 aliphatic rings. The monoisotopic (exact) mass is 446 g/mol. The van der Waals surface area contributed by atoms with Gasteiger partial charge in [-0.15, -0.1) is 11.3 Å². The molecule has 2 heterocycles. The Bertz CT molecular complexity index is 1140. The summed E-state index contributed by atoms with van der Waals surface area (Å²) in [6, 6.07) is 17.7. The Kier molecular flexibility index (Phi) is 5.69. The van der Waals surface area contributed by atoms with E-state index in [9.17, 15) is 4.79 Å². The van der Waals surface area contributed by atoms with Gasteiger partial charge in [0.15, 0.2) is 5.13 Å². The molecular formula is C21H16Cl2N2OS2. The van der Waals surface area contributed by atoms with Gasteiger partial charge in [-0.2, -0.15) is 0 Å². The topological polar surface area (TPSA) is 33.2 Å². The molecule has 3 nitrogen and oxygen atoms in total. The molecule has 2 aromatic carbocycles. The molecule has 0 aliphatic heterocycles. The highest BCUT2D eigenvalue weighted by molar-refractivity contribution is 7.22. The van der Waals surface area contributed by atoms with Crippen LogP contribution in [-0.4, -0.2) is 10.9 Å². The van der Waals surface area contributed by atoms with Crippen molar-refractivity contribution in [2.75, 3.05) is 4.90 Å². The Morgan fingerprint density at radius 1 is 1.04 bits per heavy atom. The number of thiazole rings is 1. The maximum Gasteiger partial charge on any atom is 0.262 e. The molecule has 4 aromatic rings. The van der Waals surface area contributed by atoms with E-state index in [1.807, 2.05) is 36.4 Å². The highest BCUT2D eigenvalue weighted by atomic mass is 35.5. The van der Waals surface area contributed by atoms with E-state index < -0.39 is 0 Å². The minimum absolute atomic E-state index is 0.202. The van der Waals surface area contributed by atoms with E-state index in [-0.39, 0.29) is 5.91 Å². The van der Waals surface area contributed by atoms with Gasteiger partial charge in [-0.3, -0.25) is 9.69 Å². The van der Waals surface area contributed by atoms with E-state index in [1.165, 1.54) is 28.2 Å². The Labute approximate surface area is 181 Å². The molecule has 0 saturated heterocycles. The quantitative estimate of drug-likeness (QED) is 0.328. The zero-order valence-corrected chi connectivity index (χ0v) is 18.1. The number of anilines is 1. The summed E-state index contributed by atoms with van der Waals surface area (Å²) in [7, 11) is 0. The first kappa shape index (κ1) is 19.4. The molecule has 0 spiro atoms. The number of carbonyl (C=O) groups excluding carboxylic acids is 1. The fourth-order valence-electron chi connectivity index (χ4n) is 2.92. The molecule has 2 aromatic heterocycles. The van der Waals surface area contributed by atoms with Crippen molar-refractivity contribution in [2.24, 2.45) is 0 Å². The van der Waals surface area contributed by atoms with Gasteiger partial charge in [-0.25, -0.2) is 4.98 Å². The summed E-state index contributed by atoms with van der Waals surface area (Å²) in [5.41, 5.74) is 3.55. The predicted molar refractivity (Wildman–Crippen MR) is 120 cm³/mol. The number of hydrogen-bond acceptors (Lipinski definition) is 4. The van der Waals surface area contributed by atoms with E-state index in [0.29, 0.717) is 25.9 Å². The summed E-state index contributed by atoms with van der Waals surface area (Å²) < 4.78 is 1.95. The summed E-state index contributed by atoms with van der Waals surface area (Å²) in [6.07, 6.45) is 0.957. The molecule has 0 unspecified atom stereocenters. The molecule has 0 aliphatic carbocycles. The van der Waals surface area contributed by atoms with Crippen LogP contribution < -0.4 is 4.90 Å². The third-order valence-electron chi connectivity index (χ3n) is 4.40. The van der Waals surface area contributed by atoms with E-state index in [4.69, 9.17) is 28.2 Å². The van der Waals surface area contributed by atoms with E-state index >= 15 is 0 Å². The van der Waals surface area contributed by atoms with Crippen molar-refractivity contribution in [1.82, 2.24) is 4.98 Å². The highest BCUT2D eigenvalue weighted by Gasteiger charge is 2.25. The summed E-state index contributed by atoms with van der Waals surface area (Å²) in [4.78, 5) is 19.7. The smallest absolute Gasteiger partial charge is 0.262 e. The van der Waals surface area contributed by atoms with Crippen LogP contribution >= 0.6 is 45.9 Å². The number of benzene rings is 2. The van der Waals surface area contributed by atoms with Gasteiger partial charge in [0.1, 0.15) is 4.34 Å². The minimum Gasteiger partial charge on any atom is -0.279 e. The van der Waals surface area contributed by atoms with Crippen molar-refractivity contribution in [3.63, 3.8) is 0 Å². The van der Waals surface area contributed by atoms with Crippen LogP contribution in [-0.2, 0) is 13.0 Å². The zero-order chi connectivity index (χ0) is 19.7. The van der Waals surface area contributed by atoms with Crippen LogP contribution in [0, 0.1) is 0 Å². The number of aryl methyl sites for hydroxylation is 1. The number of nitrogens with zero attached hydrogens (tertiary/aromatic N) is 2. The number of amides is 1. The molecule has 0 atom stereocenters. The fraction of sp³-hybridized carbons (Fsp3) is 0.143. The second-order valence-corrected chi connectivity index (χ2v) is 9.56. The van der Waals surface area contributed by atoms with Crippen molar-refractivity contribution in [2.45, 2.75) is 19.9 Å². The van der Waals surface area contributed by atoms with Crippen LogP contribution in [0.2, 0.25) is 8.67 Å². The van der Waals surface area contributed by atoms with Crippen molar-refractivity contribution in [1.29, 1.82) is 0 Å². The molecule has 0 radical (unpaired) electrons. The average Bonchev–Trinajstić information content (AvgIpc) is 3.27. The molecule has 4 rings (SSSR count). The van der Waals surface area contributed by atoms with Crippen molar-refractivity contribution in [3.8, 4) is 0 Å². The number of thiophene rings is 1. The Hall–Kier alpha value is -1.92. The van der Waals surface area contributed by atoms with Gasteiger partial charge in [0.2, 0.25) is 0 Å². The zero-order valence-electron chi connectivity index (χ0n) is 15.0. The van der Waals surface area contributed by atoms with Crippen molar-refractivity contribution >= 4 is 67.1 Å². The van der Waals surface area contributed by atoms with E-state index in [2.05, 4.69) is 19.1 Å². The first-order valence-corrected chi connectivity index (χ1v) is 11.1. The minimum atomic E-state index is -0.202. The number of fused-ring (bicyclic) bond motifs is 1. The standard InChI is InChI=1S/C21H16Cl2N2OS2/c1-2-13-8-9-16-17(10-13)27-21(24-16)25(12-14-6-4-3-5-7-14)20(26)15-11-18(22)28-19(15)23/h3-11H,2,12H2,1H3. The largest absolute Gasteiger partial charge is 0.279 e. The maximum atomic E-state index is 13.3. The first-order chi connectivity index (χ1) is 13.5. The second kappa shape index (κ2) is 8.21. The van der Waals surface area contributed by atoms with Crippen LogP contribution in [0.1, 0.15) is 28.4 Å². The second-order valence-electron chi connectivity index (χ2n) is 6.27. The molecular weight excluding hydrogens is 431 g/mol. The van der Waals surface area contributed by atoms with Crippen LogP contribution in [0.15, 0.2) is 54.6 Å². The average molecular weight is 447 g/mol. The summed E-state index contributed by atoms with van der Waals surface area (Å²) >= 11 is 15.0. The van der Waals surface area contributed by atoms with Gasteiger partial charge >= 0.3 is 0 Å². The van der Waals surface area contributed by atoms with Gasteiger partial charge in [-0.05, 0) is 35.7 Å². The number of halogens is 2. The van der Waals surface area contributed by atoms with Gasteiger partial charge in [0.05, 0.1) is 26.7 Å². The number of aromatic nitrogens is 1. The first-order valence-electron chi connectivity index (χ1n) is 8.75. The number of hydrogen-bond donors (Lipinski definition) is 0. The lowest BCUT2D eigenvalue weighted by atomic mass is 10.2. The molecule has 0 saturated carbocycles. The lowest BCUT2D eigenvalue weighted by Gasteiger charge is -2.19. The SMILES string of the molecule is CCc1ccc2nc(N(Cc3ccccc3)C(=O)c3cc(Cl)sc3Cl)sc2c1. The number of rotatable bonds is 5. The van der Waals surface area contributed by atoms with Gasteiger partial charge in [0, 0.05) is 0 Å². The van der Waals surface area contributed by atoms with Crippen molar-refractivity contribution in [3.05, 3.63) is 80.0 Å². The fourth-order valence-corrected chi connectivity index (χ4v) is 5.39. The summed E-state index contributed by atoms with van der Waals surface area (Å²) in [5.74, 6) is -0.202. The Morgan fingerprint density at radius 2 is 1.82 bits per heavy atom. The van der Waals surface area contributed by atoms with Crippen LogP contribution in [0.5, 0.6) is 0 Å². The van der Waals surface area contributed by atoms with E-state index in [1.54, 1.807) is 11.0 Å². The summed E-state index contributed by atoms with van der Waals surface area (Å²) in [6.45, 7) is 2.53. The van der Waals surface area contributed by atoms with Gasteiger partial charge in [0.25, 0.3) is 5.91 Å². The maximum absolute atomic E-state index is 13.3. The third kappa shape index (κ3) is 3.94. The molecule has 0 bridgehead atoms. The Morgan fingerprint density at radius 3 is 2.50 bits per heavy atom. The van der Waals surface area contributed by atoms with Crippen LogP contribution in [0.25, 0.3) is 10.2 Å². The summed E-state index contributed by atoms with van der Waals surface area (Å²) in [5, 5.41) is 0.649. The highest BCUT2D eigenvalue weighted by Crippen LogP contribution is 2.36. The Balaban J connectivity index is 1.78. The van der Waals surface area contributed by atoms with Gasteiger partial charge in [-0.1, -0.05) is 77.9 Å². The molecule has 142 valence electrons. The van der Waals surface area contributed by atoms with Crippen LogP contribution in [0.3, 0.4) is 0 Å². The third-order valence-corrected chi connectivity index (χ3v) is 6.93. The lowest BCUT2D eigenvalue weighted by molar-refractivity contribution is 0.0985. The van der Waals surface area contributed by atoms with Gasteiger partial charge < -0.3 is 0 Å². The number of carbonyl (C=O) groups is 1. The molecule has 0 N–H and O–H groups in total. The molecule has 1 amide bonds. The molecule has 7 heteroatoms.